The van der Waals surface area contributed by atoms with Gasteiger partial charge in [-0.25, -0.2) is 4.57 Å². The molecule has 0 N–H and O–H groups in total. The molecule has 0 atom stereocenters. The van der Waals surface area contributed by atoms with Gasteiger partial charge in [-0.05, 0) is 57.1 Å². The molecule has 2 fully saturated rings. The van der Waals surface area contributed by atoms with Gasteiger partial charge >= 0.3 is 0 Å². The van der Waals surface area contributed by atoms with Crippen LogP contribution in [0.15, 0.2) is 36.5 Å². The van der Waals surface area contributed by atoms with E-state index in [0.717, 1.165) is 0 Å². The van der Waals surface area contributed by atoms with Crippen molar-refractivity contribution in [3.05, 3.63) is 47.7 Å². The fraction of sp³-hybridized carbons (Fsp3) is 0.500. The Morgan fingerprint density at radius 2 is 1.75 bits per heavy atom. The SMILES string of the molecule is Cc1ccc2c(c1-c1cccc[n+]1C)OC1(CCCCC1)C21CC1. The quantitative estimate of drug-likeness (QED) is 0.699. The van der Waals surface area contributed by atoms with Gasteiger partial charge in [0.2, 0.25) is 5.69 Å². The maximum Gasteiger partial charge on any atom is 0.216 e. The average molecular weight is 320 g/mol. The number of benzene rings is 1. The summed E-state index contributed by atoms with van der Waals surface area (Å²) in [4.78, 5) is 0. The minimum Gasteiger partial charge on any atom is -0.485 e. The minimum absolute atomic E-state index is 0.0868. The van der Waals surface area contributed by atoms with Gasteiger partial charge in [0.25, 0.3) is 0 Å². The van der Waals surface area contributed by atoms with Crippen LogP contribution < -0.4 is 9.30 Å². The van der Waals surface area contributed by atoms with Crippen molar-refractivity contribution in [1.29, 1.82) is 0 Å². The average Bonchev–Trinajstić information content (AvgIpc) is 3.35. The molecule has 124 valence electrons. The second-order valence-electron chi connectivity index (χ2n) is 8.07. The van der Waals surface area contributed by atoms with Gasteiger partial charge in [-0.1, -0.05) is 18.6 Å². The Hall–Kier alpha value is -1.83. The topological polar surface area (TPSA) is 13.1 Å². The van der Waals surface area contributed by atoms with Gasteiger partial charge in [0.05, 0.1) is 5.56 Å². The Bertz CT molecular complexity index is 813. The van der Waals surface area contributed by atoms with Crippen molar-refractivity contribution < 1.29 is 9.30 Å². The second-order valence-corrected chi connectivity index (χ2v) is 8.07. The monoisotopic (exact) mass is 320 g/mol. The maximum atomic E-state index is 6.92. The highest BCUT2D eigenvalue weighted by atomic mass is 16.5. The van der Waals surface area contributed by atoms with Crippen molar-refractivity contribution in [2.24, 2.45) is 7.05 Å². The van der Waals surface area contributed by atoms with Crippen LogP contribution in [0.5, 0.6) is 5.75 Å². The number of aryl methyl sites for hydroxylation is 2. The molecule has 0 unspecified atom stereocenters. The molecule has 2 aliphatic carbocycles. The van der Waals surface area contributed by atoms with Crippen molar-refractivity contribution >= 4 is 0 Å². The van der Waals surface area contributed by atoms with E-state index in [2.05, 4.69) is 55.1 Å². The smallest absolute Gasteiger partial charge is 0.216 e. The highest BCUT2D eigenvalue weighted by molar-refractivity contribution is 5.74. The van der Waals surface area contributed by atoms with Gasteiger partial charge in [0.1, 0.15) is 18.4 Å². The molecule has 24 heavy (non-hydrogen) atoms. The number of nitrogens with zero attached hydrogens (tertiary/aromatic N) is 1. The summed E-state index contributed by atoms with van der Waals surface area (Å²) in [6, 6.07) is 11.1. The molecule has 0 saturated heterocycles. The van der Waals surface area contributed by atoms with Crippen molar-refractivity contribution in [1.82, 2.24) is 0 Å². The van der Waals surface area contributed by atoms with E-state index in [9.17, 15) is 0 Å². The normalized spacial score (nSPS) is 22.4. The van der Waals surface area contributed by atoms with E-state index < -0.39 is 0 Å². The summed E-state index contributed by atoms with van der Waals surface area (Å²) in [6.07, 6.45) is 11.2. The van der Waals surface area contributed by atoms with Crippen LogP contribution in [0.25, 0.3) is 11.3 Å². The first-order chi connectivity index (χ1) is 11.7. The van der Waals surface area contributed by atoms with Gasteiger partial charge in [-0.15, -0.1) is 0 Å². The third-order valence-electron chi connectivity index (χ3n) is 6.77. The van der Waals surface area contributed by atoms with Crippen LogP contribution in [-0.4, -0.2) is 5.60 Å². The molecule has 3 aliphatic rings. The Labute approximate surface area is 144 Å². The van der Waals surface area contributed by atoms with Crippen LogP contribution in [-0.2, 0) is 12.5 Å². The maximum absolute atomic E-state index is 6.92. The van der Waals surface area contributed by atoms with E-state index >= 15 is 0 Å². The van der Waals surface area contributed by atoms with Crippen LogP contribution in [0, 0.1) is 6.92 Å². The molecule has 2 heteroatoms. The van der Waals surface area contributed by atoms with Gasteiger partial charge in [0, 0.05) is 23.1 Å². The third kappa shape index (κ3) is 1.75. The summed E-state index contributed by atoms with van der Waals surface area (Å²) in [5.41, 5.74) is 5.79. The Balaban J connectivity index is 1.72. The highest BCUT2D eigenvalue weighted by Gasteiger charge is 2.67. The highest BCUT2D eigenvalue weighted by Crippen LogP contribution is 2.68. The molecular formula is C22H26NO+. The molecule has 2 saturated carbocycles. The lowest BCUT2D eigenvalue weighted by Gasteiger charge is -2.38. The molecule has 0 amide bonds. The Kier molecular flexibility index (Phi) is 2.93. The van der Waals surface area contributed by atoms with Crippen LogP contribution in [0.2, 0.25) is 0 Å². The molecule has 0 bridgehead atoms. The van der Waals surface area contributed by atoms with Crippen molar-refractivity contribution in [2.75, 3.05) is 0 Å². The molecule has 2 heterocycles. The van der Waals surface area contributed by atoms with Gasteiger partial charge in [-0.2, -0.15) is 0 Å². The number of pyridine rings is 1. The number of fused-ring (bicyclic) bond motifs is 3. The first-order valence-corrected chi connectivity index (χ1v) is 9.45. The van der Waals surface area contributed by atoms with Crippen LogP contribution >= 0.6 is 0 Å². The summed E-state index contributed by atoms with van der Waals surface area (Å²) in [7, 11) is 2.13. The molecule has 2 spiro atoms. The first kappa shape index (κ1) is 14.5. The van der Waals surface area contributed by atoms with Gasteiger partial charge in [0.15, 0.2) is 6.20 Å². The zero-order valence-corrected chi connectivity index (χ0v) is 14.8. The fourth-order valence-electron chi connectivity index (χ4n) is 5.36. The molecule has 5 rings (SSSR count). The van der Waals surface area contributed by atoms with E-state index in [1.165, 1.54) is 73.1 Å². The van der Waals surface area contributed by atoms with E-state index in [1.54, 1.807) is 0 Å². The summed E-state index contributed by atoms with van der Waals surface area (Å²) < 4.78 is 9.14. The number of rotatable bonds is 1. The van der Waals surface area contributed by atoms with Crippen molar-refractivity contribution in [2.45, 2.75) is 62.9 Å². The van der Waals surface area contributed by atoms with Crippen molar-refractivity contribution in [3.63, 3.8) is 0 Å². The van der Waals surface area contributed by atoms with Gasteiger partial charge < -0.3 is 4.74 Å². The second kappa shape index (κ2) is 4.84. The van der Waals surface area contributed by atoms with E-state index in [4.69, 9.17) is 4.74 Å². The van der Waals surface area contributed by atoms with Crippen LogP contribution in [0.3, 0.4) is 0 Å². The number of aromatic nitrogens is 1. The summed E-state index contributed by atoms with van der Waals surface area (Å²) in [5, 5.41) is 0. The third-order valence-corrected chi connectivity index (χ3v) is 6.77. The number of ether oxygens (including phenoxy) is 1. The first-order valence-electron chi connectivity index (χ1n) is 9.45. The molecule has 0 radical (unpaired) electrons. The summed E-state index contributed by atoms with van der Waals surface area (Å²) >= 11 is 0. The van der Waals surface area contributed by atoms with E-state index in [-0.39, 0.29) is 5.60 Å². The zero-order valence-electron chi connectivity index (χ0n) is 14.8. The Morgan fingerprint density at radius 1 is 0.958 bits per heavy atom. The van der Waals surface area contributed by atoms with Crippen LogP contribution in [0.4, 0.5) is 0 Å². The summed E-state index contributed by atoms with van der Waals surface area (Å²) in [6.45, 7) is 2.22. The molecule has 1 aromatic heterocycles. The lowest BCUT2D eigenvalue weighted by molar-refractivity contribution is -0.660. The Morgan fingerprint density at radius 3 is 2.46 bits per heavy atom. The van der Waals surface area contributed by atoms with Crippen molar-refractivity contribution in [3.8, 4) is 17.0 Å². The minimum atomic E-state index is 0.0868. The van der Waals surface area contributed by atoms with E-state index in [0.29, 0.717) is 5.41 Å². The fourth-order valence-corrected chi connectivity index (χ4v) is 5.36. The number of hydrogen-bond acceptors (Lipinski definition) is 1. The predicted molar refractivity (Wildman–Crippen MR) is 95.1 cm³/mol. The number of hydrogen-bond donors (Lipinski definition) is 0. The molecular weight excluding hydrogens is 294 g/mol. The molecule has 2 aromatic rings. The molecule has 1 aliphatic heterocycles. The van der Waals surface area contributed by atoms with Gasteiger partial charge in [-0.3, -0.25) is 0 Å². The zero-order chi connectivity index (χ0) is 16.4. The lowest BCUT2D eigenvalue weighted by atomic mass is 9.71. The van der Waals surface area contributed by atoms with Crippen LogP contribution in [0.1, 0.15) is 56.1 Å². The largest absolute Gasteiger partial charge is 0.485 e. The van der Waals surface area contributed by atoms with E-state index in [1.807, 2.05) is 0 Å². The predicted octanol–water partition coefficient (Wildman–Crippen LogP) is 4.61. The molecule has 2 nitrogen and oxygen atoms in total. The lowest BCUT2D eigenvalue weighted by Crippen LogP contribution is -2.44. The summed E-state index contributed by atoms with van der Waals surface area (Å²) in [5.74, 6) is 1.19. The standard InChI is InChI=1S/C22H26NO/c1-16-9-10-17-20(19(16)18-8-4-7-15-23(18)2)24-22(21(17)13-14-21)11-5-3-6-12-22/h4,7-10,15H,3,5-6,11-14H2,1-2H3/q+1. The molecule has 1 aromatic carbocycles.